The summed E-state index contributed by atoms with van der Waals surface area (Å²) in [6.45, 7) is 8.35. The molecule has 1 aliphatic rings. The van der Waals surface area contributed by atoms with E-state index in [0.29, 0.717) is 0 Å². The predicted molar refractivity (Wildman–Crippen MR) is 125 cm³/mol. The normalized spacial score (nSPS) is 10.5. The summed E-state index contributed by atoms with van der Waals surface area (Å²) in [5.74, 6) is 0. The van der Waals surface area contributed by atoms with E-state index in [4.69, 9.17) is 0 Å². The van der Waals surface area contributed by atoms with Crippen LogP contribution in [0.1, 0.15) is 52.9 Å². The molecule has 0 atom stereocenters. The molecule has 3 radical (unpaired) electrons. The first kappa shape index (κ1) is 34.1. The Labute approximate surface area is 219 Å². The number of halogens is 2. The van der Waals surface area contributed by atoms with Gasteiger partial charge in [0, 0.05) is 10.2 Å². The number of rotatable bonds is 3. The zero-order valence-electron chi connectivity index (χ0n) is 18.6. The summed E-state index contributed by atoms with van der Waals surface area (Å²) in [4.78, 5) is 0. The van der Waals surface area contributed by atoms with Crippen LogP contribution < -0.4 is 24.8 Å². The fourth-order valence-electron chi connectivity index (χ4n) is 2.90. The second-order valence-electron chi connectivity index (χ2n) is 6.53. The van der Waals surface area contributed by atoms with Gasteiger partial charge in [0.15, 0.2) is 0 Å². The van der Waals surface area contributed by atoms with Gasteiger partial charge in [-0.3, -0.25) is 6.08 Å². The molecule has 4 heteroatoms. The smallest absolute Gasteiger partial charge is 1.00 e. The fraction of sp³-hybridized carbons (Fsp3) is 0.346. The van der Waals surface area contributed by atoms with E-state index in [-0.39, 0.29) is 51.0 Å². The molecule has 0 aromatic heterocycles. The van der Waals surface area contributed by atoms with Gasteiger partial charge in [0.2, 0.25) is 0 Å². The van der Waals surface area contributed by atoms with Crippen LogP contribution in [0.15, 0.2) is 72.3 Å². The Morgan fingerprint density at radius 1 is 0.833 bits per heavy atom. The second-order valence-corrected chi connectivity index (χ2v) is 6.53. The van der Waals surface area contributed by atoms with Crippen LogP contribution in [-0.4, -0.2) is 10.2 Å². The molecule has 0 spiro atoms. The third-order valence-electron chi connectivity index (χ3n) is 4.35. The van der Waals surface area contributed by atoms with Crippen molar-refractivity contribution in [1.29, 1.82) is 0 Å². The molecular formula is C26H33Cl2SiZr. The predicted octanol–water partition coefficient (Wildman–Crippen LogP) is 2.20. The van der Waals surface area contributed by atoms with Crippen molar-refractivity contribution in [1.82, 2.24) is 0 Å². The maximum Gasteiger partial charge on any atom is 4.00 e. The standard InChI is InChI=1S/C13H9.C6H7.C6H14.CH3Si.2ClH.Zr/c1-3-7-12-10(5-1)9-11-6-2-4-8-13(11)12;1-6-4-2-3-5-6;1-3-5-6-4-2;1-2;;;/h1-9H;4-5H,2H2,1H3;3-6H2,1-2H3;1H3;2*1H;/q2*-1;;;;;+4/p-2. The summed E-state index contributed by atoms with van der Waals surface area (Å²) < 4.78 is 0. The van der Waals surface area contributed by atoms with Gasteiger partial charge < -0.3 is 24.8 Å². The maximum absolute atomic E-state index is 3.05. The summed E-state index contributed by atoms with van der Waals surface area (Å²) in [6, 6.07) is 19.3. The van der Waals surface area contributed by atoms with Gasteiger partial charge in [-0.25, -0.2) is 11.6 Å². The zero-order chi connectivity index (χ0) is 19.9. The molecule has 0 saturated carbocycles. The molecule has 3 aromatic carbocycles. The Morgan fingerprint density at radius 2 is 1.27 bits per heavy atom. The van der Waals surface area contributed by atoms with E-state index in [9.17, 15) is 0 Å². The van der Waals surface area contributed by atoms with Gasteiger partial charge >= 0.3 is 26.2 Å². The molecule has 0 aliphatic heterocycles. The van der Waals surface area contributed by atoms with Gasteiger partial charge in [-0.05, 0) is 0 Å². The molecule has 0 heterocycles. The van der Waals surface area contributed by atoms with Crippen LogP contribution in [-0.2, 0) is 26.2 Å². The minimum atomic E-state index is 0. The van der Waals surface area contributed by atoms with Crippen molar-refractivity contribution in [3.8, 4) is 0 Å². The Kier molecular flexibility index (Phi) is 24.7. The van der Waals surface area contributed by atoms with Gasteiger partial charge in [0.1, 0.15) is 0 Å². The second kappa shape index (κ2) is 21.7. The van der Waals surface area contributed by atoms with Crippen molar-refractivity contribution in [2.24, 2.45) is 0 Å². The number of hydrogen-bond donors (Lipinski definition) is 0. The minimum absolute atomic E-state index is 0. The van der Waals surface area contributed by atoms with Gasteiger partial charge in [0.25, 0.3) is 0 Å². The zero-order valence-corrected chi connectivity index (χ0v) is 23.6. The molecule has 3 aromatic rings. The topological polar surface area (TPSA) is 0 Å². The van der Waals surface area contributed by atoms with E-state index in [1.54, 1.807) is 6.55 Å². The molecule has 4 rings (SSSR count). The minimum Gasteiger partial charge on any atom is -1.00 e. The molecule has 0 bridgehead atoms. The summed E-state index contributed by atoms with van der Waals surface area (Å²) >= 11 is 0. The number of unbranched alkanes of at least 4 members (excludes halogenated alkanes) is 3. The maximum atomic E-state index is 3.05. The van der Waals surface area contributed by atoms with Crippen LogP contribution >= 0.6 is 0 Å². The van der Waals surface area contributed by atoms with Crippen LogP contribution in [0.5, 0.6) is 0 Å². The first-order chi connectivity index (χ1) is 13.3. The van der Waals surface area contributed by atoms with Crippen LogP contribution in [0.3, 0.4) is 0 Å². The molecule has 0 nitrogen and oxygen atoms in total. The van der Waals surface area contributed by atoms with Crippen molar-refractivity contribution >= 4 is 31.8 Å². The SMILES string of the molecule is CC1=CC[C-]=C1.CCCCCC.C[Si].[Cl-].[Cl-].[Zr+4].c1ccc2c(c1)[cH-]c1ccccc12. The van der Waals surface area contributed by atoms with Gasteiger partial charge in [-0.15, -0.1) is 53.1 Å². The van der Waals surface area contributed by atoms with Crippen molar-refractivity contribution < 1.29 is 51.0 Å². The Balaban J connectivity index is -0.000000372. The molecule has 0 N–H and O–H groups in total. The first-order valence-electron chi connectivity index (χ1n) is 10.0. The van der Waals surface area contributed by atoms with Crippen molar-refractivity contribution in [3.05, 3.63) is 78.4 Å². The summed E-state index contributed by atoms with van der Waals surface area (Å²) in [6.07, 6.45) is 13.8. The molecule has 0 amide bonds. The molecule has 0 unspecified atom stereocenters. The van der Waals surface area contributed by atoms with Crippen LogP contribution in [0, 0.1) is 6.08 Å². The van der Waals surface area contributed by atoms with E-state index < -0.39 is 0 Å². The number of allylic oxidation sites excluding steroid dienone is 4. The van der Waals surface area contributed by atoms with Gasteiger partial charge in [-0.2, -0.15) is 6.08 Å². The van der Waals surface area contributed by atoms with E-state index in [1.807, 2.05) is 6.08 Å². The fourth-order valence-corrected chi connectivity index (χ4v) is 2.90. The Bertz CT molecular complexity index is 780. The summed E-state index contributed by atoms with van der Waals surface area (Å²) in [5, 5.41) is 5.39. The average Bonchev–Trinajstić information content (AvgIpc) is 3.35. The first-order valence-corrected chi connectivity index (χ1v) is 11.0. The molecule has 30 heavy (non-hydrogen) atoms. The molecule has 1 aliphatic carbocycles. The van der Waals surface area contributed by atoms with E-state index in [1.165, 1.54) is 52.8 Å². The van der Waals surface area contributed by atoms with Crippen molar-refractivity contribution in [2.75, 3.05) is 0 Å². The quantitative estimate of drug-likeness (QED) is 0.274. The Hall–Kier alpha value is -0.530. The molecule has 159 valence electrons. The van der Waals surface area contributed by atoms with E-state index in [0.717, 1.165) is 6.42 Å². The van der Waals surface area contributed by atoms with Crippen molar-refractivity contribution in [3.63, 3.8) is 0 Å². The third-order valence-corrected chi connectivity index (χ3v) is 4.35. The monoisotopic (exact) mass is 533 g/mol. The number of hydrogen-bond acceptors (Lipinski definition) is 0. The number of benzene rings is 2. The summed E-state index contributed by atoms with van der Waals surface area (Å²) in [7, 11) is 2.97. The van der Waals surface area contributed by atoms with Gasteiger partial charge in [-0.1, -0.05) is 82.5 Å². The van der Waals surface area contributed by atoms with Crippen LogP contribution in [0.4, 0.5) is 0 Å². The van der Waals surface area contributed by atoms with Crippen molar-refractivity contribution in [2.45, 2.75) is 59.4 Å². The largest absolute Gasteiger partial charge is 4.00 e. The van der Waals surface area contributed by atoms with Crippen LogP contribution in [0.25, 0.3) is 21.5 Å². The molecular weight excluding hydrogens is 503 g/mol. The molecule has 0 fully saturated rings. The van der Waals surface area contributed by atoms with E-state index >= 15 is 0 Å². The number of fused-ring (bicyclic) bond motifs is 3. The third kappa shape index (κ3) is 12.4. The van der Waals surface area contributed by atoms with Gasteiger partial charge in [0.05, 0.1) is 0 Å². The average molecular weight is 536 g/mol. The molecule has 0 saturated heterocycles. The summed E-state index contributed by atoms with van der Waals surface area (Å²) in [5.41, 5.74) is 1.34. The van der Waals surface area contributed by atoms with Crippen LogP contribution in [0.2, 0.25) is 6.55 Å². The Morgan fingerprint density at radius 3 is 1.57 bits per heavy atom. The van der Waals surface area contributed by atoms with E-state index in [2.05, 4.69) is 97.8 Å².